The summed E-state index contributed by atoms with van der Waals surface area (Å²) in [6.45, 7) is 0.822. The van der Waals surface area contributed by atoms with Gasteiger partial charge in [-0.3, -0.25) is 0 Å². The van der Waals surface area contributed by atoms with Crippen LogP contribution < -0.4 is 9.47 Å². The van der Waals surface area contributed by atoms with E-state index in [1.807, 2.05) is 42.5 Å². The fourth-order valence-corrected chi connectivity index (χ4v) is 2.46. The van der Waals surface area contributed by atoms with E-state index in [4.69, 9.17) is 9.47 Å². The molecule has 118 valence electrons. The molecule has 0 amide bonds. The topological polar surface area (TPSA) is 18.5 Å². The monoisotopic (exact) mass is 298 g/mol. The van der Waals surface area contributed by atoms with Crippen molar-refractivity contribution in [2.75, 3.05) is 13.7 Å². The highest BCUT2D eigenvalue weighted by Crippen LogP contribution is 2.14. The zero-order valence-electron chi connectivity index (χ0n) is 13.5. The van der Waals surface area contributed by atoms with Gasteiger partial charge in [0.25, 0.3) is 0 Å². The van der Waals surface area contributed by atoms with E-state index in [9.17, 15) is 0 Å². The quantitative estimate of drug-likeness (QED) is 0.556. The number of ether oxygens (including phenoxy) is 2. The lowest BCUT2D eigenvalue weighted by atomic mass is 10.1. The van der Waals surface area contributed by atoms with Crippen LogP contribution in [0, 0.1) is 0 Å². The molecule has 0 fully saturated rings. The van der Waals surface area contributed by atoms with E-state index in [0.29, 0.717) is 0 Å². The van der Waals surface area contributed by atoms with Gasteiger partial charge in [0.2, 0.25) is 0 Å². The number of benzene rings is 2. The summed E-state index contributed by atoms with van der Waals surface area (Å²) in [7, 11) is 1.70. The Morgan fingerprint density at radius 1 is 0.682 bits per heavy atom. The Hall–Kier alpha value is -1.96. The van der Waals surface area contributed by atoms with Gasteiger partial charge in [-0.05, 0) is 49.1 Å². The largest absolute Gasteiger partial charge is 0.497 e. The molecular formula is C20H26O2. The number of hydrogen-bond donors (Lipinski definition) is 0. The summed E-state index contributed by atoms with van der Waals surface area (Å²) >= 11 is 0. The van der Waals surface area contributed by atoms with Crippen molar-refractivity contribution < 1.29 is 9.47 Å². The first kappa shape index (κ1) is 16.4. The average Bonchev–Trinajstić information content (AvgIpc) is 2.59. The molecule has 2 rings (SSSR count). The minimum absolute atomic E-state index is 0.822. The fourth-order valence-electron chi connectivity index (χ4n) is 2.46. The molecule has 0 saturated carbocycles. The second kappa shape index (κ2) is 9.88. The van der Waals surface area contributed by atoms with Gasteiger partial charge >= 0.3 is 0 Å². The summed E-state index contributed by atoms with van der Waals surface area (Å²) in [5, 5.41) is 0. The molecule has 0 aliphatic heterocycles. The second-order valence-corrected chi connectivity index (χ2v) is 5.53. The number of para-hydroxylation sites is 1. The Morgan fingerprint density at radius 3 is 2.09 bits per heavy atom. The normalized spacial score (nSPS) is 10.4. The number of unbranched alkanes of at least 4 members (excludes halogenated alkanes) is 4. The van der Waals surface area contributed by atoms with Crippen molar-refractivity contribution in [1.29, 1.82) is 0 Å². The first-order valence-electron chi connectivity index (χ1n) is 8.19. The standard InChI is InChI=1S/C20H26O2/c1-21-19-15-13-18(14-16-19)10-6-3-2-4-9-17-22-20-11-7-5-8-12-20/h5,7-8,11-16H,2-4,6,9-10,17H2,1H3. The molecule has 2 nitrogen and oxygen atoms in total. The van der Waals surface area contributed by atoms with E-state index in [0.717, 1.165) is 30.9 Å². The lowest BCUT2D eigenvalue weighted by Gasteiger charge is -2.06. The molecule has 0 N–H and O–H groups in total. The summed E-state index contributed by atoms with van der Waals surface area (Å²) in [6, 6.07) is 18.4. The van der Waals surface area contributed by atoms with E-state index in [1.54, 1.807) is 7.11 Å². The Balaban J connectivity index is 1.47. The average molecular weight is 298 g/mol. The molecule has 0 heterocycles. The van der Waals surface area contributed by atoms with Gasteiger partial charge in [-0.25, -0.2) is 0 Å². The maximum atomic E-state index is 5.69. The van der Waals surface area contributed by atoms with Gasteiger partial charge in [0.15, 0.2) is 0 Å². The maximum Gasteiger partial charge on any atom is 0.119 e. The molecule has 0 radical (unpaired) electrons. The van der Waals surface area contributed by atoms with Crippen LogP contribution in [-0.4, -0.2) is 13.7 Å². The molecule has 0 spiro atoms. The van der Waals surface area contributed by atoms with Crippen LogP contribution in [0.5, 0.6) is 11.5 Å². The molecule has 0 atom stereocenters. The minimum Gasteiger partial charge on any atom is -0.497 e. The maximum absolute atomic E-state index is 5.69. The van der Waals surface area contributed by atoms with Gasteiger partial charge in [-0.2, -0.15) is 0 Å². The smallest absolute Gasteiger partial charge is 0.119 e. The third kappa shape index (κ3) is 6.21. The zero-order valence-corrected chi connectivity index (χ0v) is 13.5. The Kier molecular flexibility index (Phi) is 7.37. The SMILES string of the molecule is COc1ccc(CCCCCCCOc2ccccc2)cc1. The molecule has 22 heavy (non-hydrogen) atoms. The van der Waals surface area contributed by atoms with Gasteiger partial charge < -0.3 is 9.47 Å². The van der Waals surface area contributed by atoms with E-state index in [1.165, 1.54) is 31.2 Å². The van der Waals surface area contributed by atoms with Crippen LogP contribution in [0.15, 0.2) is 54.6 Å². The van der Waals surface area contributed by atoms with Crippen molar-refractivity contribution in [2.24, 2.45) is 0 Å². The van der Waals surface area contributed by atoms with Crippen molar-refractivity contribution in [2.45, 2.75) is 38.5 Å². The number of methoxy groups -OCH3 is 1. The summed E-state index contributed by atoms with van der Waals surface area (Å²) in [4.78, 5) is 0. The van der Waals surface area contributed by atoms with Crippen LogP contribution >= 0.6 is 0 Å². The summed E-state index contributed by atoms with van der Waals surface area (Å²) in [5.41, 5.74) is 1.40. The first-order valence-corrected chi connectivity index (χ1v) is 8.19. The molecule has 2 aromatic carbocycles. The molecule has 0 aliphatic carbocycles. The predicted octanol–water partition coefficient (Wildman–Crippen LogP) is 5.27. The molecule has 0 aromatic heterocycles. The van der Waals surface area contributed by atoms with Crippen molar-refractivity contribution in [1.82, 2.24) is 0 Å². The van der Waals surface area contributed by atoms with Gasteiger partial charge in [0.05, 0.1) is 13.7 Å². The van der Waals surface area contributed by atoms with Gasteiger partial charge in [-0.1, -0.05) is 49.6 Å². The molecule has 2 aromatic rings. The third-order valence-corrected chi connectivity index (χ3v) is 3.78. The van der Waals surface area contributed by atoms with Crippen molar-refractivity contribution >= 4 is 0 Å². The van der Waals surface area contributed by atoms with Crippen molar-refractivity contribution in [3.8, 4) is 11.5 Å². The van der Waals surface area contributed by atoms with Crippen LogP contribution in [0.25, 0.3) is 0 Å². The highest BCUT2D eigenvalue weighted by atomic mass is 16.5. The lowest BCUT2D eigenvalue weighted by Crippen LogP contribution is -1.97. The van der Waals surface area contributed by atoms with Crippen LogP contribution in [0.4, 0.5) is 0 Å². The van der Waals surface area contributed by atoms with Crippen LogP contribution in [0.3, 0.4) is 0 Å². The van der Waals surface area contributed by atoms with E-state index in [2.05, 4.69) is 12.1 Å². The lowest BCUT2D eigenvalue weighted by molar-refractivity contribution is 0.304. The molecule has 0 unspecified atom stereocenters. The highest BCUT2D eigenvalue weighted by molar-refractivity contribution is 5.27. The number of hydrogen-bond acceptors (Lipinski definition) is 2. The molecule has 2 heteroatoms. The molecule has 0 aliphatic rings. The van der Waals surface area contributed by atoms with Crippen LogP contribution in [0.1, 0.15) is 37.7 Å². The van der Waals surface area contributed by atoms with E-state index in [-0.39, 0.29) is 0 Å². The van der Waals surface area contributed by atoms with Gasteiger partial charge in [0.1, 0.15) is 11.5 Å². The molecule has 0 saturated heterocycles. The second-order valence-electron chi connectivity index (χ2n) is 5.53. The van der Waals surface area contributed by atoms with Gasteiger partial charge in [-0.15, -0.1) is 0 Å². The molecule has 0 bridgehead atoms. The Bertz CT molecular complexity index is 505. The number of aryl methyl sites for hydroxylation is 1. The summed E-state index contributed by atoms with van der Waals surface area (Å²) in [5.74, 6) is 1.91. The van der Waals surface area contributed by atoms with Gasteiger partial charge in [0, 0.05) is 0 Å². The van der Waals surface area contributed by atoms with Crippen LogP contribution in [-0.2, 0) is 6.42 Å². The zero-order chi connectivity index (χ0) is 15.5. The van der Waals surface area contributed by atoms with Crippen LogP contribution in [0.2, 0.25) is 0 Å². The van der Waals surface area contributed by atoms with E-state index >= 15 is 0 Å². The van der Waals surface area contributed by atoms with Crippen molar-refractivity contribution in [3.05, 3.63) is 60.2 Å². The minimum atomic E-state index is 0.822. The molecular weight excluding hydrogens is 272 g/mol. The highest BCUT2D eigenvalue weighted by Gasteiger charge is 1.96. The fraction of sp³-hybridized carbons (Fsp3) is 0.400. The first-order chi connectivity index (χ1) is 10.9. The predicted molar refractivity (Wildman–Crippen MR) is 91.7 cm³/mol. The number of rotatable bonds is 10. The van der Waals surface area contributed by atoms with Crippen molar-refractivity contribution in [3.63, 3.8) is 0 Å². The Morgan fingerprint density at radius 2 is 1.36 bits per heavy atom. The summed E-state index contributed by atoms with van der Waals surface area (Å²) in [6.07, 6.45) is 7.37. The third-order valence-electron chi connectivity index (χ3n) is 3.78. The Labute approximate surface area is 134 Å². The van der Waals surface area contributed by atoms with E-state index < -0.39 is 0 Å². The summed E-state index contributed by atoms with van der Waals surface area (Å²) < 4.78 is 10.9.